The van der Waals surface area contributed by atoms with E-state index in [1.165, 1.54) is 17.0 Å². The Bertz CT molecular complexity index is 1210. The van der Waals surface area contributed by atoms with Gasteiger partial charge in [-0.1, -0.05) is 53.4 Å². The van der Waals surface area contributed by atoms with Crippen LogP contribution in [0.1, 0.15) is 68.6 Å². The Morgan fingerprint density at radius 3 is 2.32 bits per heavy atom. The molecule has 0 spiro atoms. The molecule has 0 heterocycles. The second kappa shape index (κ2) is 13.6. The average Bonchev–Trinajstić information content (AvgIpc) is 2.84. The van der Waals surface area contributed by atoms with Gasteiger partial charge in [0, 0.05) is 30.0 Å². The molecule has 1 fully saturated rings. The van der Waals surface area contributed by atoms with Crippen LogP contribution in [-0.4, -0.2) is 50.0 Å². The third-order valence-electron chi connectivity index (χ3n) is 7.01. The second-order valence-electron chi connectivity index (χ2n) is 10.5. The number of hydrogen-bond acceptors (Lipinski definition) is 4. The number of rotatable bonds is 11. The first-order chi connectivity index (χ1) is 17.9. The number of hydrogen-bond donors (Lipinski definition) is 1. The van der Waals surface area contributed by atoms with Crippen LogP contribution in [0, 0.1) is 13.8 Å². The summed E-state index contributed by atoms with van der Waals surface area (Å²) in [4.78, 5) is 28.3. The first-order valence-electron chi connectivity index (χ1n) is 13.3. The van der Waals surface area contributed by atoms with Gasteiger partial charge in [0.25, 0.3) is 0 Å². The van der Waals surface area contributed by atoms with Crippen molar-refractivity contribution < 1.29 is 18.0 Å². The molecule has 1 atom stereocenters. The minimum Gasteiger partial charge on any atom is -0.352 e. The fourth-order valence-electron chi connectivity index (χ4n) is 5.08. The van der Waals surface area contributed by atoms with Crippen LogP contribution in [0.25, 0.3) is 0 Å². The van der Waals surface area contributed by atoms with Gasteiger partial charge in [0.1, 0.15) is 6.04 Å². The maximum atomic E-state index is 13.5. The molecule has 0 radical (unpaired) electrons. The highest BCUT2D eigenvalue weighted by Gasteiger charge is 2.28. The molecule has 2 aromatic rings. The van der Waals surface area contributed by atoms with Gasteiger partial charge in [-0.3, -0.25) is 13.9 Å². The molecule has 7 nitrogen and oxygen atoms in total. The maximum absolute atomic E-state index is 13.5. The van der Waals surface area contributed by atoms with Crippen molar-refractivity contribution >= 4 is 43.5 Å². The minimum absolute atomic E-state index is 0.131. The lowest BCUT2D eigenvalue weighted by atomic mass is 9.95. The zero-order valence-corrected chi connectivity index (χ0v) is 25.3. The first kappa shape index (κ1) is 30.2. The average molecular weight is 607 g/mol. The van der Waals surface area contributed by atoms with E-state index in [-0.39, 0.29) is 30.8 Å². The molecule has 3 rings (SSSR count). The lowest BCUT2D eigenvalue weighted by Crippen LogP contribution is -2.50. The van der Waals surface area contributed by atoms with Crippen LogP contribution in [0.5, 0.6) is 0 Å². The zero-order chi connectivity index (χ0) is 27.9. The summed E-state index contributed by atoms with van der Waals surface area (Å²) in [7, 11) is -3.53. The lowest BCUT2D eigenvalue weighted by Gasteiger charge is -2.31. The molecule has 9 heteroatoms. The minimum atomic E-state index is -3.53. The van der Waals surface area contributed by atoms with Crippen molar-refractivity contribution in [3.8, 4) is 0 Å². The summed E-state index contributed by atoms with van der Waals surface area (Å²) >= 11 is 3.48. The van der Waals surface area contributed by atoms with E-state index in [1.807, 2.05) is 56.3 Å². The molecule has 2 amide bonds. The van der Waals surface area contributed by atoms with Gasteiger partial charge in [-0.25, -0.2) is 8.42 Å². The van der Waals surface area contributed by atoms with Crippen molar-refractivity contribution in [1.29, 1.82) is 0 Å². The Balaban J connectivity index is 1.73. The van der Waals surface area contributed by atoms with Crippen LogP contribution < -0.4 is 9.62 Å². The Morgan fingerprint density at radius 2 is 1.71 bits per heavy atom. The summed E-state index contributed by atoms with van der Waals surface area (Å²) < 4.78 is 27.5. The van der Waals surface area contributed by atoms with Crippen LogP contribution in [0.4, 0.5) is 5.69 Å². The Morgan fingerprint density at radius 1 is 1.05 bits per heavy atom. The first-order valence-corrected chi connectivity index (χ1v) is 16.0. The number of amides is 2. The normalized spacial score (nSPS) is 15.1. The standard InChI is InChI=1S/C29H40BrN3O4S/c1-21-16-22(2)18-27(17-21)33(38(4,36)37)15-9-14-28(34)32(20-24-10-8-11-25(30)19-24)23(3)29(35)31-26-12-6-5-7-13-26/h8,10-11,16-19,23,26H,5-7,9,12-15,20H2,1-4H3,(H,31,35)/t23-/m1/s1. The maximum Gasteiger partial charge on any atom is 0.242 e. The van der Waals surface area contributed by atoms with Crippen LogP contribution >= 0.6 is 15.9 Å². The van der Waals surface area contributed by atoms with E-state index in [1.54, 1.807) is 11.8 Å². The van der Waals surface area contributed by atoms with Crippen molar-refractivity contribution in [2.45, 2.75) is 84.3 Å². The number of benzene rings is 2. The topological polar surface area (TPSA) is 86.8 Å². The highest BCUT2D eigenvalue weighted by Crippen LogP contribution is 2.23. The molecule has 1 aliphatic rings. The van der Waals surface area contributed by atoms with Crippen LogP contribution in [0.3, 0.4) is 0 Å². The number of nitrogens with zero attached hydrogens (tertiary/aromatic N) is 2. The van der Waals surface area contributed by atoms with Crippen molar-refractivity contribution in [3.63, 3.8) is 0 Å². The van der Waals surface area contributed by atoms with E-state index in [0.717, 1.165) is 46.8 Å². The van der Waals surface area contributed by atoms with Crippen molar-refractivity contribution in [2.75, 3.05) is 17.1 Å². The molecular formula is C29H40BrN3O4S. The summed E-state index contributed by atoms with van der Waals surface area (Å²) in [5, 5.41) is 3.15. The SMILES string of the molecule is Cc1cc(C)cc(N(CCCC(=O)N(Cc2cccc(Br)c2)[C@H](C)C(=O)NC2CCCCC2)S(C)(=O)=O)c1. The van der Waals surface area contributed by atoms with Gasteiger partial charge in [-0.2, -0.15) is 0 Å². The van der Waals surface area contributed by atoms with E-state index in [9.17, 15) is 18.0 Å². The molecule has 1 saturated carbocycles. The van der Waals surface area contributed by atoms with Gasteiger partial charge in [-0.15, -0.1) is 0 Å². The number of nitrogens with one attached hydrogen (secondary N) is 1. The molecular weight excluding hydrogens is 566 g/mol. The van der Waals surface area contributed by atoms with E-state index >= 15 is 0 Å². The molecule has 1 N–H and O–H groups in total. The Hall–Kier alpha value is -2.39. The van der Waals surface area contributed by atoms with Gasteiger partial charge in [0.05, 0.1) is 11.9 Å². The highest BCUT2D eigenvalue weighted by molar-refractivity contribution is 9.10. The quantitative estimate of drug-likeness (QED) is 0.367. The van der Waals surface area contributed by atoms with Gasteiger partial charge in [0.2, 0.25) is 21.8 Å². The summed E-state index contributed by atoms with van der Waals surface area (Å²) in [5.41, 5.74) is 3.46. The lowest BCUT2D eigenvalue weighted by molar-refractivity contribution is -0.141. The molecule has 38 heavy (non-hydrogen) atoms. The van der Waals surface area contributed by atoms with Crippen molar-refractivity contribution in [2.24, 2.45) is 0 Å². The summed E-state index contributed by atoms with van der Waals surface area (Å²) in [6.07, 6.45) is 7.01. The highest BCUT2D eigenvalue weighted by atomic mass is 79.9. The predicted octanol–water partition coefficient (Wildman–Crippen LogP) is 5.48. The van der Waals surface area contributed by atoms with Gasteiger partial charge >= 0.3 is 0 Å². The Kier molecular flexibility index (Phi) is 10.8. The molecule has 0 bridgehead atoms. The van der Waals surface area contributed by atoms with E-state index in [4.69, 9.17) is 0 Å². The van der Waals surface area contributed by atoms with Crippen LogP contribution in [0.15, 0.2) is 46.9 Å². The smallest absolute Gasteiger partial charge is 0.242 e. The third kappa shape index (κ3) is 8.83. The monoisotopic (exact) mass is 605 g/mol. The Labute approximate surface area is 236 Å². The fourth-order valence-corrected chi connectivity index (χ4v) is 6.48. The van der Waals surface area contributed by atoms with Gasteiger partial charge in [-0.05, 0) is 81.0 Å². The molecule has 208 valence electrons. The number of anilines is 1. The third-order valence-corrected chi connectivity index (χ3v) is 8.69. The molecule has 1 aliphatic carbocycles. The largest absolute Gasteiger partial charge is 0.352 e. The predicted molar refractivity (Wildman–Crippen MR) is 157 cm³/mol. The molecule has 2 aromatic carbocycles. The number of sulfonamides is 1. The summed E-state index contributed by atoms with van der Waals surface area (Å²) in [5.74, 6) is -0.321. The fraction of sp³-hybridized carbons (Fsp3) is 0.517. The van der Waals surface area contributed by atoms with E-state index < -0.39 is 16.1 Å². The molecule has 0 aliphatic heterocycles. The number of halogens is 1. The number of carbonyl (C=O) groups excluding carboxylic acids is 2. The van der Waals surface area contributed by atoms with Crippen LogP contribution in [-0.2, 0) is 26.2 Å². The van der Waals surface area contributed by atoms with Crippen molar-refractivity contribution in [3.05, 3.63) is 63.6 Å². The van der Waals surface area contributed by atoms with Crippen LogP contribution in [0.2, 0.25) is 0 Å². The van der Waals surface area contributed by atoms with E-state index in [0.29, 0.717) is 18.7 Å². The zero-order valence-electron chi connectivity index (χ0n) is 22.9. The summed E-state index contributed by atoms with van der Waals surface area (Å²) in [6, 6.07) is 12.9. The molecule has 0 unspecified atom stereocenters. The molecule has 0 saturated heterocycles. The number of aryl methyl sites for hydroxylation is 2. The molecule has 0 aromatic heterocycles. The van der Waals surface area contributed by atoms with Crippen molar-refractivity contribution in [1.82, 2.24) is 10.2 Å². The van der Waals surface area contributed by atoms with Gasteiger partial charge < -0.3 is 10.2 Å². The van der Waals surface area contributed by atoms with Gasteiger partial charge in [0.15, 0.2) is 0 Å². The van der Waals surface area contributed by atoms with E-state index in [2.05, 4.69) is 21.2 Å². The summed E-state index contributed by atoms with van der Waals surface area (Å²) in [6.45, 7) is 6.11. The number of carbonyl (C=O) groups is 2. The second-order valence-corrected chi connectivity index (χ2v) is 13.3.